The standard InChI is InChI=1S/C13H16IN3O2/c14-11-6-4-5-10(9-11)12(13(18)19)7-2-1-3-8-16-17-15/h4-6,9,12H,1-3,7-8H2,(H,18,19). The molecule has 0 amide bonds. The van der Waals surface area contributed by atoms with Crippen LogP contribution < -0.4 is 0 Å². The maximum atomic E-state index is 11.3. The number of halogens is 1. The van der Waals surface area contributed by atoms with E-state index in [4.69, 9.17) is 5.53 Å². The van der Waals surface area contributed by atoms with E-state index in [1.165, 1.54) is 0 Å². The molecule has 0 saturated carbocycles. The van der Waals surface area contributed by atoms with E-state index in [2.05, 4.69) is 32.6 Å². The van der Waals surface area contributed by atoms with Gasteiger partial charge in [-0.25, -0.2) is 0 Å². The first kappa shape index (κ1) is 15.8. The molecule has 19 heavy (non-hydrogen) atoms. The van der Waals surface area contributed by atoms with Crippen LogP contribution in [-0.4, -0.2) is 17.6 Å². The average Bonchev–Trinajstić information content (AvgIpc) is 2.37. The number of carbonyl (C=O) groups is 1. The van der Waals surface area contributed by atoms with Crippen molar-refractivity contribution in [2.45, 2.75) is 31.6 Å². The molecule has 0 radical (unpaired) electrons. The van der Waals surface area contributed by atoms with Crippen molar-refractivity contribution < 1.29 is 9.90 Å². The lowest BCUT2D eigenvalue weighted by Gasteiger charge is -2.12. The second-order valence-corrected chi connectivity index (χ2v) is 5.50. The van der Waals surface area contributed by atoms with Crippen LogP contribution in [0.3, 0.4) is 0 Å². The Kier molecular flexibility index (Phi) is 7.28. The van der Waals surface area contributed by atoms with Crippen LogP contribution in [0.2, 0.25) is 0 Å². The Morgan fingerprint density at radius 3 is 2.84 bits per heavy atom. The predicted molar refractivity (Wildman–Crippen MR) is 82.0 cm³/mol. The fourth-order valence-electron chi connectivity index (χ4n) is 1.91. The van der Waals surface area contributed by atoms with Gasteiger partial charge in [0.05, 0.1) is 5.92 Å². The molecule has 0 aliphatic rings. The summed E-state index contributed by atoms with van der Waals surface area (Å²) < 4.78 is 1.05. The van der Waals surface area contributed by atoms with E-state index >= 15 is 0 Å². The van der Waals surface area contributed by atoms with Crippen molar-refractivity contribution in [3.8, 4) is 0 Å². The Labute approximate surface area is 125 Å². The summed E-state index contributed by atoms with van der Waals surface area (Å²) in [5.41, 5.74) is 8.99. The molecule has 0 heterocycles. The highest BCUT2D eigenvalue weighted by Crippen LogP contribution is 2.24. The number of azide groups is 1. The highest BCUT2D eigenvalue weighted by molar-refractivity contribution is 14.1. The zero-order valence-electron chi connectivity index (χ0n) is 10.5. The number of carboxylic acid groups (broad SMARTS) is 1. The van der Waals surface area contributed by atoms with E-state index in [1.807, 2.05) is 24.3 Å². The topological polar surface area (TPSA) is 86.1 Å². The van der Waals surface area contributed by atoms with E-state index in [-0.39, 0.29) is 0 Å². The van der Waals surface area contributed by atoms with Crippen LogP contribution in [0.15, 0.2) is 29.4 Å². The second kappa shape index (κ2) is 8.77. The van der Waals surface area contributed by atoms with Gasteiger partial charge in [0.1, 0.15) is 0 Å². The van der Waals surface area contributed by atoms with Gasteiger partial charge in [0, 0.05) is 15.0 Å². The van der Waals surface area contributed by atoms with Crippen LogP contribution in [0, 0.1) is 3.57 Å². The third kappa shape index (κ3) is 5.94. The first-order chi connectivity index (χ1) is 9.15. The van der Waals surface area contributed by atoms with E-state index < -0.39 is 11.9 Å². The smallest absolute Gasteiger partial charge is 0.310 e. The Balaban J connectivity index is 2.50. The van der Waals surface area contributed by atoms with E-state index in [1.54, 1.807) is 0 Å². The zero-order chi connectivity index (χ0) is 14.1. The van der Waals surface area contributed by atoms with Crippen molar-refractivity contribution in [3.05, 3.63) is 43.8 Å². The fraction of sp³-hybridized carbons (Fsp3) is 0.462. The highest BCUT2D eigenvalue weighted by atomic mass is 127. The van der Waals surface area contributed by atoms with Crippen LogP contribution in [0.5, 0.6) is 0 Å². The molecular formula is C13H16IN3O2. The number of unbranched alkanes of at least 4 members (excludes halogenated alkanes) is 2. The van der Waals surface area contributed by atoms with Gasteiger partial charge in [-0.15, -0.1) is 0 Å². The fourth-order valence-corrected chi connectivity index (χ4v) is 2.48. The molecule has 0 aromatic heterocycles. The molecule has 6 heteroatoms. The molecule has 0 aliphatic heterocycles. The monoisotopic (exact) mass is 373 g/mol. The van der Waals surface area contributed by atoms with Gasteiger partial charge in [-0.05, 0) is 58.7 Å². The summed E-state index contributed by atoms with van der Waals surface area (Å²) in [6.07, 6.45) is 3.13. The van der Waals surface area contributed by atoms with Crippen LogP contribution in [0.4, 0.5) is 0 Å². The van der Waals surface area contributed by atoms with E-state index in [0.717, 1.165) is 28.4 Å². The van der Waals surface area contributed by atoms with Gasteiger partial charge >= 0.3 is 5.97 Å². The molecule has 0 aliphatic carbocycles. The van der Waals surface area contributed by atoms with Gasteiger partial charge in [-0.1, -0.05) is 30.1 Å². The molecule has 1 N–H and O–H groups in total. The maximum Gasteiger partial charge on any atom is 0.310 e. The summed E-state index contributed by atoms with van der Waals surface area (Å²) in [7, 11) is 0. The van der Waals surface area contributed by atoms with Gasteiger partial charge in [0.25, 0.3) is 0 Å². The number of carboxylic acids is 1. The molecule has 1 aromatic rings. The predicted octanol–water partition coefficient (Wildman–Crippen LogP) is 4.33. The lowest BCUT2D eigenvalue weighted by Crippen LogP contribution is -2.11. The molecular weight excluding hydrogens is 357 g/mol. The maximum absolute atomic E-state index is 11.3. The summed E-state index contributed by atoms with van der Waals surface area (Å²) in [6, 6.07) is 7.61. The lowest BCUT2D eigenvalue weighted by atomic mass is 9.93. The quantitative estimate of drug-likeness (QED) is 0.242. The molecule has 0 fully saturated rings. The van der Waals surface area contributed by atoms with Gasteiger partial charge in [-0.3, -0.25) is 4.79 Å². The van der Waals surface area contributed by atoms with Crippen molar-refractivity contribution in [2.24, 2.45) is 5.11 Å². The van der Waals surface area contributed by atoms with Crippen molar-refractivity contribution in [1.29, 1.82) is 0 Å². The largest absolute Gasteiger partial charge is 0.481 e. The minimum Gasteiger partial charge on any atom is -0.481 e. The summed E-state index contributed by atoms with van der Waals surface area (Å²) in [4.78, 5) is 14.0. The van der Waals surface area contributed by atoms with Crippen molar-refractivity contribution in [3.63, 3.8) is 0 Å². The van der Waals surface area contributed by atoms with E-state index in [0.29, 0.717) is 13.0 Å². The third-order valence-corrected chi connectivity index (χ3v) is 3.53. The highest BCUT2D eigenvalue weighted by Gasteiger charge is 2.19. The van der Waals surface area contributed by atoms with Crippen LogP contribution in [0.25, 0.3) is 10.4 Å². The molecule has 0 saturated heterocycles. The average molecular weight is 373 g/mol. The van der Waals surface area contributed by atoms with Gasteiger partial charge in [0.15, 0.2) is 0 Å². The van der Waals surface area contributed by atoms with Gasteiger partial charge in [-0.2, -0.15) is 0 Å². The number of aliphatic carboxylic acids is 1. The Morgan fingerprint density at radius 2 is 2.21 bits per heavy atom. The molecule has 1 unspecified atom stereocenters. The Hall–Kier alpha value is -1.27. The van der Waals surface area contributed by atoms with E-state index in [9.17, 15) is 9.90 Å². The Morgan fingerprint density at radius 1 is 1.42 bits per heavy atom. The molecule has 102 valence electrons. The van der Waals surface area contributed by atoms with Crippen LogP contribution >= 0.6 is 22.6 Å². The number of nitrogens with zero attached hydrogens (tertiary/aromatic N) is 3. The van der Waals surface area contributed by atoms with Crippen LogP contribution in [-0.2, 0) is 4.79 Å². The van der Waals surface area contributed by atoms with Gasteiger partial charge < -0.3 is 5.11 Å². The second-order valence-electron chi connectivity index (χ2n) is 4.25. The first-order valence-corrected chi connectivity index (χ1v) is 7.22. The molecule has 1 aromatic carbocycles. The summed E-state index contributed by atoms with van der Waals surface area (Å²) >= 11 is 2.18. The molecule has 1 atom stereocenters. The van der Waals surface area contributed by atoms with Crippen molar-refractivity contribution in [2.75, 3.05) is 6.54 Å². The first-order valence-electron chi connectivity index (χ1n) is 6.14. The number of benzene rings is 1. The van der Waals surface area contributed by atoms with Crippen molar-refractivity contribution in [1.82, 2.24) is 0 Å². The van der Waals surface area contributed by atoms with Crippen molar-refractivity contribution >= 4 is 28.6 Å². The molecule has 1 rings (SSSR count). The minimum atomic E-state index is -0.781. The molecule has 5 nitrogen and oxygen atoms in total. The SMILES string of the molecule is [N-]=[N+]=NCCCCCC(C(=O)O)c1cccc(I)c1. The van der Waals surface area contributed by atoms with Crippen LogP contribution in [0.1, 0.15) is 37.2 Å². The summed E-state index contributed by atoms with van der Waals surface area (Å²) in [6.45, 7) is 0.484. The number of rotatable bonds is 8. The normalized spacial score (nSPS) is 11.6. The Bertz CT molecular complexity index is 473. The molecule has 0 spiro atoms. The molecule has 0 bridgehead atoms. The lowest BCUT2D eigenvalue weighted by molar-refractivity contribution is -0.139. The summed E-state index contributed by atoms with van der Waals surface area (Å²) in [5, 5.41) is 12.7. The van der Waals surface area contributed by atoms with Gasteiger partial charge in [0.2, 0.25) is 0 Å². The minimum absolute atomic E-state index is 0.450. The third-order valence-electron chi connectivity index (χ3n) is 2.86. The zero-order valence-corrected chi connectivity index (χ0v) is 12.7. The number of hydrogen-bond acceptors (Lipinski definition) is 2. The number of hydrogen-bond donors (Lipinski definition) is 1. The summed E-state index contributed by atoms with van der Waals surface area (Å²) in [5.74, 6) is -1.23.